The molecule has 1 unspecified atom stereocenters. The van der Waals surface area contributed by atoms with Crippen molar-refractivity contribution in [1.82, 2.24) is 4.98 Å². The largest absolute Gasteiger partial charge is 0.256 e. The van der Waals surface area contributed by atoms with Gasteiger partial charge in [-0.1, -0.05) is 68.8 Å². The van der Waals surface area contributed by atoms with Crippen molar-refractivity contribution in [2.24, 2.45) is 0 Å². The lowest BCUT2D eigenvalue weighted by molar-refractivity contribution is 0.597. The molecule has 0 N–H and O–H groups in total. The van der Waals surface area contributed by atoms with Crippen LogP contribution >= 0.6 is 0 Å². The minimum absolute atomic E-state index is 0.613. The number of hydrogen-bond acceptors (Lipinski definition) is 1. The second-order valence-electron chi connectivity index (χ2n) is 5.86. The molecule has 0 saturated carbocycles. The standard InChI is InChI=1S/C21H23N/c1-3-9-16(4-2)18-11-7-8-13-20(18)21-19-12-6-5-10-17(19)14-15-22-21/h5-8,10-16H,3-4,9H2,1-2H3. The van der Waals surface area contributed by atoms with Gasteiger partial charge in [-0.05, 0) is 35.8 Å². The average Bonchev–Trinajstić information content (AvgIpc) is 2.59. The Labute approximate surface area is 133 Å². The highest BCUT2D eigenvalue weighted by Gasteiger charge is 2.15. The summed E-state index contributed by atoms with van der Waals surface area (Å²) in [6.07, 6.45) is 5.55. The van der Waals surface area contributed by atoms with Crippen molar-refractivity contribution in [3.8, 4) is 11.3 Å². The van der Waals surface area contributed by atoms with E-state index in [1.54, 1.807) is 0 Å². The average molecular weight is 289 g/mol. The van der Waals surface area contributed by atoms with E-state index in [4.69, 9.17) is 4.98 Å². The molecule has 0 radical (unpaired) electrons. The maximum atomic E-state index is 4.71. The molecule has 1 heterocycles. The molecule has 22 heavy (non-hydrogen) atoms. The van der Waals surface area contributed by atoms with Crippen LogP contribution in [0.1, 0.15) is 44.6 Å². The zero-order chi connectivity index (χ0) is 15.4. The van der Waals surface area contributed by atoms with Crippen LogP contribution in [0.25, 0.3) is 22.0 Å². The van der Waals surface area contributed by atoms with E-state index in [0.717, 1.165) is 5.69 Å². The van der Waals surface area contributed by atoms with E-state index in [1.807, 2.05) is 6.20 Å². The number of nitrogens with zero attached hydrogens (tertiary/aromatic N) is 1. The predicted octanol–water partition coefficient (Wildman–Crippen LogP) is 6.20. The summed E-state index contributed by atoms with van der Waals surface area (Å²) in [6, 6.07) is 19.4. The summed E-state index contributed by atoms with van der Waals surface area (Å²) in [4.78, 5) is 4.71. The second kappa shape index (κ2) is 6.74. The molecule has 112 valence electrons. The highest BCUT2D eigenvalue weighted by atomic mass is 14.7. The molecule has 0 fully saturated rings. The molecule has 1 atom stereocenters. The maximum Gasteiger partial charge on any atom is 0.0783 e. The Balaban J connectivity index is 2.19. The zero-order valence-electron chi connectivity index (χ0n) is 13.4. The van der Waals surface area contributed by atoms with Crippen LogP contribution in [0.15, 0.2) is 60.8 Å². The Bertz CT molecular complexity index is 755. The van der Waals surface area contributed by atoms with Gasteiger partial charge < -0.3 is 0 Å². The first-order valence-corrected chi connectivity index (χ1v) is 8.28. The quantitative estimate of drug-likeness (QED) is 0.545. The van der Waals surface area contributed by atoms with Crippen LogP contribution in [0, 0.1) is 0 Å². The molecule has 1 nitrogen and oxygen atoms in total. The number of rotatable bonds is 5. The third-order valence-electron chi connectivity index (χ3n) is 4.46. The van der Waals surface area contributed by atoms with E-state index >= 15 is 0 Å². The van der Waals surface area contributed by atoms with Gasteiger partial charge in [-0.2, -0.15) is 0 Å². The minimum Gasteiger partial charge on any atom is -0.256 e. The van der Waals surface area contributed by atoms with Gasteiger partial charge in [0.05, 0.1) is 5.69 Å². The molecule has 1 aromatic heterocycles. The highest BCUT2D eigenvalue weighted by molar-refractivity contribution is 5.95. The molecule has 0 saturated heterocycles. The molecule has 3 rings (SSSR count). The fourth-order valence-corrected chi connectivity index (χ4v) is 3.33. The van der Waals surface area contributed by atoms with Gasteiger partial charge >= 0.3 is 0 Å². The van der Waals surface area contributed by atoms with Gasteiger partial charge in [0.1, 0.15) is 0 Å². The normalized spacial score (nSPS) is 12.5. The summed E-state index contributed by atoms with van der Waals surface area (Å²) in [5.41, 5.74) is 3.85. The monoisotopic (exact) mass is 289 g/mol. The third-order valence-corrected chi connectivity index (χ3v) is 4.46. The van der Waals surface area contributed by atoms with Gasteiger partial charge in [-0.15, -0.1) is 0 Å². The Morgan fingerprint density at radius 1 is 0.909 bits per heavy atom. The molecule has 3 aromatic rings. The predicted molar refractivity (Wildman–Crippen MR) is 95.1 cm³/mol. The molecule has 0 bridgehead atoms. The van der Waals surface area contributed by atoms with Gasteiger partial charge in [0, 0.05) is 17.1 Å². The van der Waals surface area contributed by atoms with Gasteiger partial charge in [0.15, 0.2) is 0 Å². The molecule has 0 aliphatic rings. The third kappa shape index (κ3) is 2.76. The van der Waals surface area contributed by atoms with Gasteiger partial charge in [-0.25, -0.2) is 0 Å². The van der Waals surface area contributed by atoms with E-state index in [-0.39, 0.29) is 0 Å². The lowest BCUT2D eigenvalue weighted by Crippen LogP contribution is -2.00. The van der Waals surface area contributed by atoms with Crippen LogP contribution in [-0.2, 0) is 0 Å². The summed E-state index contributed by atoms with van der Waals surface area (Å²) < 4.78 is 0. The van der Waals surface area contributed by atoms with Gasteiger partial charge in [-0.3, -0.25) is 4.98 Å². The van der Waals surface area contributed by atoms with E-state index in [2.05, 4.69) is 68.4 Å². The van der Waals surface area contributed by atoms with E-state index < -0.39 is 0 Å². The SMILES string of the molecule is CCCC(CC)c1ccccc1-c1nccc2ccccc12. The molecule has 0 amide bonds. The fraction of sp³-hybridized carbons (Fsp3) is 0.286. The number of fused-ring (bicyclic) bond motifs is 1. The van der Waals surface area contributed by atoms with Crippen molar-refractivity contribution in [3.05, 3.63) is 66.4 Å². The van der Waals surface area contributed by atoms with Crippen LogP contribution in [-0.4, -0.2) is 4.98 Å². The number of aromatic nitrogens is 1. The molecule has 0 spiro atoms. The summed E-state index contributed by atoms with van der Waals surface area (Å²) in [6.45, 7) is 4.55. The summed E-state index contributed by atoms with van der Waals surface area (Å²) in [7, 11) is 0. The van der Waals surface area contributed by atoms with Crippen molar-refractivity contribution in [2.75, 3.05) is 0 Å². The van der Waals surface area contributed by atoms with Crippen LogP contribution in [0.3, 0.4) is 0 Å². The highest BCUT2D eigenvalue weighted by Crippen LogP contribution is 2.35. The number of pyridine rings is 1. The van der Waals surface area contributed by atoms with Crippen LogP contribution in [0.5, 0.6) is 0 Å². The Hall–Kier alpha value is -2.15. The van der Waals surface area contributed by atoms with Crippen molar-refractivity contribution in [1.29, 1.82) is 0 Å². The smallest absolute Gasteiger partial charge is 0.0783 e. The Morgan fingerprint density at radius 2 is 1.68 bits per heavy atom. The molecular weight excluding hydrogens is 266 g/mol. The molecule has 1 heteroatoms. The first kappa shape index (κ1) is 14.8. The lowest BCUT2D eigenvalue weighted by atomic mass is 9.87. The summed E-state index contributed by atoms with van der Waals surface area (Å²) in [5, 5.41) is 2.50. The number of hydrogen-bond donors (Lipinski definition) is 0. The Morgan fingerprint density at radius 3 is 2.50 bits per heavy atom. The molecule has 0 aliphatic heterocycles. The zero-order valence-corrected chi connectivity index (χ0v) is 13.4. The summed E-state index contributed by atoms with van der Waals surface area (Å²) in [5.74, 6) is 0.613. The lowest BCUT2D eigenvalue weighted by Gasteiger charge is -2.19. The first-order chi connectivity index (χ1) is 10.8. The summed E-state index contributed by atoms with van der Waals surface area (Å²) >= 11 is 0. The fourth-order valence-electron chi connectivity index (χ4n) is 3.33. The second-order valence-corrected chi connectivity index (χ2v) is 5.86. The topological polar surface area (TPSA) is 12.9 Å². The van der Waals surface area contributed by atoms with E-state index in [0.29, 0.717) is 5.92 Å². The van der Waals surface area contributed by atoms with Gasteiger partial charge in [0.25, 0.3) is 0 Å². The maximum absolute atomic E-state index is 4.71. The van der Waals surface area contributed by atoms with Crippen molar-refractivity contribution < 1.29 is 0 Å². The minimum atomic E-state index is 0.613. The van der Waals surface area contributed by atoms with Crippen LogP contribution in [0.4, 0.5) is 0 Å². The van der Waals surface area contributed by atoms with E-state index in [9.17, 15) is 0 Å². The molecule has 0 aliphatic carbocycles. The van der Waals surface area contributed by atoms with Gasteiger partial charge in [0.2, 0.25) is 0 Å². The Kier molecular flexibility index (Phi) is 4.53. The van der Waals surface area contributed by atoms with E-state index in [1.165, 1.54) is 41.2 Å². The molecular formula is C21H23N. The van der Waals surface area contributed by atoms with Crippen LogP contribution in [0.2, 0.25) is 0 Å². The van der Waals surface area contributed by atoms with Crippen LogP contribution < -0.4 is 0 Å². The first-order valence-electron chi connectivity index (χ1n) is 8.28. The van der Waals surface area contributed by atoms with Crippen molar-refractivity contribution >= 4 is 10.8 Å². The number of benzene rings is 2. The molecule has 2 aromatic carbocycles. The van der Waals surface area contributed by atoms with Crippen molar-refractivity contribution in [2.45, 2.75) is 39.0 Å². The van der Waals surface area contributed by atoms with Crippen molar-refractivity contribution in [3.63, 3.8) is 0 Å².